The minimum Gasteiger partial charge on any atom is -0.481 e. The summed E-state index contributed by atoms with van der Waals surface area (Å²) < 4.78 is 43.5. The van der Waals surface area contributed by atoms with Crippen LogP contribution in [0.3, 0.4) is 0 Å². The number of ketones is 7. The molecule has 38 heteroatoms. The predicted molar refractivity (Wildman–Crippen MR) is 506 cm³/mol. The summed E-state index contributed by atoms with van der Waals surface area (Å²) in [4.78, 5) is 209. The highest BCUT2D eigenvalue weighted by Gasteiger charge is 2.32. The zero-order valence-corrected chi connectivity index (χ0v) is 81.7. The van der Waals surface area contributed by atoms with Crippen molar-refractivity contribution < 1.29 is 140 Å². The number of unbranched alkanes of at least 4 members (excludes halogenated alkanes) is 23. The first-order valence-electron chi connectivity index (χ1n) is 49.8. The first-order valence-corrected chi connectivity index (χ1v) is 49.8. The number of hydrogen-bond acceptors (Lipinski definition) is 28. The highest BCUT2D eigenvalue weighted by Crippen LogP contribution is 2.25. The van der Waals surface area contributed by atoms with Gasteiger partial charge in [-0.25, -0.2) is 4.79 Å². The van der Waals surface area contributed by atoms with Crippen LogP contribution in [0, 0.1) is 17.8 Å². The average Bonchev–Trinajstić information content (AvgIpc) is 0.866. The Morgan fingerprint density at radius 1 is 0.281 bits per heavy atom. The fraction of sp³-hybridized carbons (Fsp3) is 0.825. The van der Waals surface area contributed by atoms with Crippen molar-refractivity contribution in [2.45, 2.75) is 359 Å². The van der Waals surface area contributed by atoms with Crippen molar-refractivity contribution in [3.63, 3.8) is 0 Å². The smallest absolute Gasteiger partial charge is 0.326 e. The van der Waals surface area contributed by atoms with Gasteiger partial charge in [0, 0.05) is 135 Å². The summed E-state index contributed by atoms with van der Waals surface area (Å²) in [6.07, 6.45) is 28.1. The number of carbonyl (C=O) groups excluding carboxylic acids is 13. The molecule has 0 spiro atoms. The number of Topliss-reactive ketones (excluding diaryl/α,β-unsaturated/α-hetero) is 7. The second kappa shape index (κ2) is 86.3. The molecule has 0 aromatic heterocycles. The van der Waals surface area contributed by atoms with Gasteiger partial charge in [-0.3, -0.25) is 76.7 Å². The minimum atomic E-state index is -1.19. The maximum atomic E-state index is 13.8. The van der Waals surface area contributed by atoms with E-state index in [4.69, 9.17) is 65.3 Å². The lowest BCUT2D eigenvalue weighted by Gasteiger charge is -2.23. The maximum Gasteiger partial charge on any atom is 0.326 e. The van der Waals surface area contributed by atoms with Gasteiger partial charge < -0.3 is 107 Å². The molecule has 0 bridgehead atoms. The fourth-order valence-electron chi connectivity index (χ4n) is 14.4. The molecule has 0 aliphatic heterocycles. The Kier molecular flexibility index (Phi) is 81.2. The van der Waals surface area contributed by atoms with Crippen molar-refractivity contribution >= 4 is 99.8 Å². The number of carbonyl (C=O) groups is 17. The highest BCUT2D eigenvalue weighted by atomic mass is 16.5. The molecule has 0 unspecified atom stereocenters. The molecule has 0 rings (SSSR count). The molecule has 778 valence electrons. The van der Waals surface area contributed by atoms with Gasteiger partial charge in [-0.2, -0.15) is 0 Å². The summed E-state index contributed by atoms with van der Waals surface area (Å²) in [7, 11) is 0. The molecule has 6 amide bonds. The number of amides is 6. The van der Waals surface area contributed by atoms with Gasteiger partial charge in [0.15, 0.2) is 17.3 Å². The van der Waals surface area contributed by atoms with E-state index in [0.717, 1.165) is 103 Å². The fourth-order valence-corrected chi connectivity index (χ4v) is 14.4. The third-order valence-corrected chi connectivity index (χ3v) is 22.7. The third-order valence-electron chi connectivity index (χ3n) is 22.7. The van der Waals surface area contributed by atoms with E-state index in [9.17, 15) is 91.7 Å². The summed E-state index contributed by atoms with van der Waals surface area (Å²) in [5.41, 5.74) is 17.3. The molecule has 0 fully saturated rings. The van der Waals surface area contributed by atoms with Crippen molar-refractivity contribution in [1.82, 2.24) is 31.9 Å². The van der Waals surface area contributed by atoms with Crippen LogP contribution in [0.4, 0.5) is 0 Å². The summed E-state index contributed by atoms with van der Waals surface area (Å²) >= 11 is 0. The average molecular weight is 1930 g/mol. The second-order valence-corrected chi connectivity index (χ2v) is 35.6. The maximum absolute atomic E-state index is 13.8. The monoisotopic (exact) mass is 1930 g/mol. The van der Waals surface area contributed by atoms with Gasteiger partial charge in [0.1, 0.15) is 55.6 Å². The Morgan fingerprint density at radius 2 is 0.637 bits per heavy atom. The van der Waals surface area contributed by atoms with Crippen LogP contribution >= 0.6 is 0 Å². The van der Waals surface area contributed by atoms with Crippen molar-refractivity contribution in [3.8, 4) is 0 Å². The Morgan fingerprint density at radius 3 is 1.07 bits per heavy atom. The minimum absolute atomic E-state index is 0.00500. The molecule has 0 radical (unpaired) electrons. The molecule has 0 saturated heterocycles. The number of hydrogen-bond donors (Lipinski definition) is 13. The largest absolute Gasteiger partial charge is 0.481 e. The molecule has 38 nitrogen and oxygen atoms in total. The Hall–Kier alpha value is -8.05. The van der Waals surface area contributed by atoms with Crippen molar-refractivity contribution in [2.75, 3.05) is 138 Å². The van der Waals surface area contributed by atoms with E-state index in [-0.39, 0.29) is 265 Å². The highest BCUT2D eigenvalue weighted by molar-refractivity contribution is 5.94. The lowest BCUT2D eigenvalue weighted by Crippen LogP contribution is -2.43. The van der Waals surface area contributed by atoms with Gasteiger partial charge in [0.25, 0.3) is 0 Å². The number of nitrogens with two attached hydrogens (primary N) is 3. The van der Waals surface area contributed by atoms with Gasteiger partial charge in [-0.05, 0) is 130 Å². The Balaban J connectivity index is 4.15. The SMILES string of the molecule is CC(=O)[C@H](CCCCNC(=O)[C@@H](N)CCCCNC(=O)COCCOCCCC(=O)COCCOCCNC(=O)CC[C@H](CC(=O)CCCCCCCCCCCCC(=O)O)C(=O)O)CC(=O)[C@H](CCCCNC(=O)[C@@H](N)CCCCCC(=O)COCCOCCNC(=O)COCCOCCCC(=O)CC[C@H](NC(=O)CCCCCCCCCCCCC(=O)O)C(=O)O)CC(=O)C(C)(C)N. The van der Waals surface area contributed by atoms with Gasteiger partial charge in [0.2, 0.25) is 35.4 Å². The summed E-state index contributed by atoms with van der Waals surface area (Å²) in [5, 5.41) is 53.0. The summed E-state index contributed by atoms with van der Waals surface area (Å²) in [6.45, 7) is 7.85. The second-order valence-electron chi connectivity index (χ2n) is 35.6. The van der Waals surface area contributed by atoms with Gasteiger partial charge in [-0.15, -0.1) is 0 Å². The van der Waals surface area contributed by atoms with Crippen LogP contribution in [0.15, 0.2) is 0 Å². The number of rotatable bonds is 101. The van der Waals surface area contributed by atoms with Gasteiger partial charge in [-0.1, -0.05) is 128 Å². The number of carboxylic acid groups (broad SMARTS) is 4. The van der Waals surface area contributed by atoms with Crippen LogP contribution in [0.25, 0.3) is 0 Å². The van der Waals surface area contributed by atoms with Crippen LogP contribution in [-0.4, -0.2) is 282 Å². The zero-order valence-electron chi connectivity index (χ0n) is 81.7. The van der Waals surface area contributed by atoms with Crippen LogP contribution in [0.2, 0.25) is 0 Å². The summed E-state index contributed by atoms with van der Waals surface area (Å²) in [6, 6.07) is -2.68. The van der Waals surface area contributed by atoms with Crippen LogP contribution in [0.1, 0.15) is 335 Å². The van der Waals surface area contributed by atoms with Crippen molar-refractivity contribution in [1.29, 1.82) is 0 Å². The van der Waals surface area contributed by atoms with Crippen molar-refractivity contribution in [2.24, 2.45) is 35.0 Å². The van der Waals surface area contributed by atoms with E-state index in [0.29, 0.717) is 161 Å². The number of carboxylic acids is 4. The van der Waals surface area contributed by atoms with Crippen LogP contribution < -0.4 is 49.1 Å². The van der Waals surface area contributed by atoms with E-state index in [1.807, 2.05) is 0 Å². The predicted octanol–water partition coefficient (Wildman–Crippen LogP) is 8.88. The van der Waals surface area contributed by atoms with Gasteiger partial charge >= 0.3 is 23.9 Å². The molecule has 0 aliphatic rings. The normalized spacial score (nSPS) is 12.8. The number of nitrogens with one attached hydrogen (secondary N) is 6. The first-order chi connectivity index (χ1) is 64.7. The zero-order chi connectivity index (χ0) is 100. The topological polar surface area (TPSA) is 595 Å². The Bertz CT molecular complexity index is 3310. The van der Waals surface area contributed by atoms with Gasteiger partial charge in [0.05, 0.1) is 89.6 Å². The standard InChI is InChI=1S/C97H171N9O29/c1-74(107)75(35-27-30-51-104-94(123)83(99)42-29-32-50-101-89(116)72-134-65-60-129-56-34-40-81(111)71-133-64-61-130-57-53-102-87(114)49-46-77(95(124)125)67-79(109)37-21-16-12-8-4-6-10-14-18-25-44-91(118)119)68-85(112)76(69-86(113)97(2,3)100)36-28-31-52-105-93(122)82(98)41-23-20-22-38-80(110)70-132-63-62-131-58-54-103-90(117)73-135-66-59-128-55-33-39-78(108)47-48-84(96(126)127)106-88(115)43-24-17-13-9-5-7-11-15-19-26-45-92(120)121/h75-77,82-84H,4-73,98-100H2,1-3H3,(H,101,116)(H,102,114)(H,103,117)(H,104,123)(H,105,122)(H,106,115)(H,118,119)(H,120,121)(H,124,125)(H,126,127)/t75-,76-,77-,82+,83+,84+/m1/s1. The lowest BCUT2D eigenvalue weighted by molar-refractivity contribution is -0.144. The van der Waals surface area contributed by atoms with E-state index in [1.165, 1.54) is 6.92 Å². The molecule has 0 aliphatic carbocycles. The molecule has 135 heavy (non-hydrogen) atoms. The molecule has 0 aromatic carbocycles. The van der Waals surface area contributed by atoms with Crippen LogP contribution in [0.5, 0.6) is 0 Å². The number of ether oxygens (including phenoxy) is 8. The molecular formula is C97H171N9O29. The van der Waals surface area contributed by atoms with E-state index >= 15 is 0 Å². The molecule has 6 atom stereocenters. The summed E-state index contributed by atoms with van der Waals surface area (Å²) in [5.74, 6) is -9.17. The van der Waals surface area contributed by atoms with E-state index in [1.54, 1.807) is 13.8 Å². The van der Waals surface area contributed by atoms with Crippen LogP contribution in [-0.2, 0) is 119 Å². The number of aliphatic carboxylic acids is 4. The molecule has 0 heterocycles. The molecule has 0 saturated carbocycles. The van der Waals surface area contributed by atoms with E-state index < -0.39 is 65.3 Å². The molecule has 16 N–H and O–H groups in total. The third kappa shape index (κ3) is 81.6. The Labute approximate surface area is 800 Å². The first kappa shape index (κ1) is 127. The van der Waals surface area contributed by atoms with E-state index in [2.05, 4.69) is 31.9 Å². The van der Waals surface area contributed by atoms with Crippen molar-refractivity contribution in [3.05, 3.63) is 0 Å². The molecule has 0 aromatic rings. The quantitative estimate of drug-likeness (QED) is 0.0253. The lowest BCUT2D eigenvalue weighted by atomic mass is 9.82. The molecular weight excluding hydrogens is 1760 g/mol.